The molecule has 1 heterocycles. The summed E-state index contributed by atoms with van der Waals surface area (Å²) in [6.07, 6.45) is 4.69. The summed E-state index contributed by atoms with van der Waals surface area (Å²) >= 11 is 12.1. The molecule has 1 aliphatic rings. The number of nitrogens with zero attached hydrogens (tertiary/aromatic N) is 1. The van der Waals surface area contributed by atoms with Crippen molar-refractivity contribution in [2.24, 2.45) is 0 Å². The zero-order valence-electron chi connectivity index (χ0n) is 13.9. The van der Waals surface area contributed by atoms with E-state index in [1.165, 1.54) is 34.6 Å². The molecular formula is C19H17Cl2NO3S. The van der Waals surface area contributed by atoms with Crippen LogP contribution in [0, 0.1) is 0 Å². The van der Waals surface area contributed by atoms with Crippen LogP contribution in [0.15, 0.2) is 53.4 Å². The first-order chi connectivity index (χ1) is 12.4. The number of sulfonamides is 1. The lowest BCUT2D eigenvalue weighted by atomic mass is 10.1. The predicted octanol–water partition coefficient (Wildman–Crippen LogP) is 4.67. The van der Waals surface area contributed by atoms with E-state index >= 15 is 0 Å². The lowest BCUT2D eigenvalue weighted by molar-refractivity contribution is 0.104. The van der Waals surface area contributed by atoms with Gasteiger partial charge in [-0.1, -0.05) is 29.3 Å². The number of hydrogen-bond donors (Lipinski definition) is 0. The predicted molar refractivity (Wildman–Crippen MR) is 104 cm³/mol. The van der Waals surface area contributed by atoms with Gasteiger partial charge in [0, 0.05) is 34.3 Å². The molecule has 0 saturated carbocycles. The first kappa shape index (κ1) is 19.1. The third kappa shape index (κ3) is 4.01. The van der Waals surface area contributed by atoms with Gasteiger partial charge in [0.05, 0.1) is 4.90 Å². The Morgan fingerprint density at radius 2 is 1.54 bits per heavy atom. The van der Waals surface area contributed by atoms with E-state index in [1.807, 2.05) is 0 Å². The van der Waals surface area contributed by atoms with Gasteiger partial charge < -0.3 is 0 Å². The zero-order valence-corrected chi connectivity index (χ0v) is 16.2. The Hall–Kier alpha value is -1.66. The Bertz CT molecular complexity index is 927. The molecule has 2 aromatic rings. The van der Waals surface area contributed by atoms with Crippen molar-refractivity contribution >= 4 is 45.1 Å². The molecule has 0 amide bonds. The van der Waals surface area contributed by atoms with Crippen molar-refractivity contribution in [3.05, 3.63) is 69.7 Å². The average Bonchev–Trinajstić information content (AvgIpc) is 3.17. The van der Waals surface area contributed by atoms with Crippen molar-refractivity contribution in [1.29, 1.82) is 0 Å². The van der Waals surface area contributed by atoms with Crippen molar-refractivity contribution in [2.75, 3.05) is 13.1 Å². The fourth-order valence-corrected chi connectivity index (χ4v) is 4.83. The molecule has 0 N–H and O–H groups in total. The largest absolute Gasteiger partial charge is 0.289 e. The van der Waals surface area contributed by atoms with Gasteiger partial charge in [0.25, 0.3) is 0 Å². The number of hydrogen-bond acceptors (Lipinski definition) is 3. The second-order valence-corrected chi connectivity index (χ2v) is 8.72. The maximum Gasteiger partial charge on any atom is 0.243 e. The third-order valence-electron chi connectivity index (χ3n) is 4.24. The first-order valence-electron chi connectivity index (χ1n) is 8.16. The van der Waals surface area contributed by atoms with Crippen molar-refractivity contribution in [3.63, 3.8) is 0 Å². The molecule has 1 fully saturated rings. The summed E-state index contributed by atoms with van der Waals surface area (Å²) in [4.78, 5) is 12.5. The van der Waals surface area contributed by atoms with Gasteiger partial charge in [0.2, 0.25) is 10.0 Å². The molecule has 3 rings (SSSR count). The summed E-state index contributed by atoms with van der Waals surface area (Å²) in [6, 6.07) is 11.1. The Morgan fingerprint density at radius 3 is 2.12 bits per heavy atom. The van der Waals surface area contributed by atoms with Crippen LogP contribution in [-0.2, 0) is 10.0 Å². The number of benzene rings is 2. The molecule has 0 bridgehead atoms. The molecule has 0 radical (unpaired) electrons. The molecule has 1 saturated heterocycles. The minimum Gasteiger partial charge on any atom is -0.289 e. The summed E-state index contributed by atoms with van der Waals surface area (Å²) < 4.78 is 26.5. The number of carbonyl (C=O) groups is 1. The highest BCUT2D eigenvalue weighted by Gasteiger charge is 2.27. The summed E-state index contributed by atoms with van der Waals surface area (Å²) in [5.74, 6) is -0.258. The standard InChI is InChI=1S/C19H17Cl2NO3S/c20-17-4-3-5-18(21)16(17)10-11-19(23)14-6-8-15(9-7-14)26(24,25)22-12-1-2-13-22/h3-11H,1-2,12-13H2. The lowest BCUT2D eigenvalue weighted by Crippen LogP contribution is -2.27. The van der Waals surface area contributed by atoms with Gasteiger partial charge in [-0.2, -0.15) is 4.31 Å². The molecule has 0 atom stereocenters. The van der Waals surface area contributed by atoms with E-state index in [4.69, 9.17) is 23.2 Å². The highest BCUT2D eigenvalue weighted by atomic mass is 35.5. The Labute approximate surface area is 163 Å². The quantitative estimate of drug-likeness (QED) is 0.532. The Balaban J connectivity index is 1.78. The van der Waals surface area contributed by atoms with Crippen LogP contribution in [0.4, 0.5) is 0 Å². The average molecular weight is 410 g/mol. The normalized spacial score (nSPS) is 15.6. The molecule has 0 unspecified atom stereocenters. The van der Waals surface area contributed by atoms with Crippen molar-refractivity contribution < 1.29 is 13.2 Å². The van der Waals surface area contributed by atoms with Crippen LogP contribution in [0.2, 0.25) is 10.0 Å². The van der Waals surface area contributed by atoms with E-state index in [9.17, 15) is 13.2 Å². The number of allylic oxidation sites excluding steroid dienone is 1. The van der Waals surface area contributed by atoms with E-state index in [0.717, 1.165) is 12.8 Å². The van der Waals surface area contributed by atoms with E-state index < -0.39 is 10.0 Å². The fourth-order valence-electron chi connectivity index (χ4n) is 2.79. The second-order valence-electron chi connectivity index (χ2n) is 5.97. The van der Waals surface area contributed by atoms with E-state index in [0.29, 0.717) is 34.3 Å². The molecule has 4 nitrogen and oxygen atoms in total. The highest BCUT2D eigenvalue weighted by molar-refractivity contribution is 7.89. The summed E-state index contributed by atoms with van der Waals surface area (Å²) in [7, 11) is -3.48. The van der Waals surface area contributed by atoms with Crippen LogP contribution in [0.5, 0.6) is 0 Å². The molecule has 0 aromatic heterocycles. The molecule has 7 heteroatoms. The van der Waals surface area contributed by atoms with Gasteiger partial charge in [-0.3, -0.25) is 4.79 Å². The van der Waals surface area contributed by atoms with Crippen LogP contribution in [0.1, 0.15) is 28.8 Å². The van der Waals surface area contributed by atoms with Gasteiger partial charge in [0.1, 0.15) is 0 Å². The topological polar surface area (TPSA) is 54.5 Å². The summed E-state index contributed by atoms with van der Waals surface area (Å²) in [5, 5.41) is 0.905. The smallest absolute Gasteiger partial charge is 0.243 e. The van der Waals surface area contributed by atoms with Gasteiger partial charge >= 0.3 is 0 Å². The van der Waals surface area contributed by atoms with E-state index in [-0.39, 0.29) is 10.7 Å². The third-order valence-corrected chi connectivity index (χ3v) is 6.81. The summed E-state index contributed by atoms with van der Waals surface area (Å²) in [6.45, 7) is 1.09. The molecule has 0 spiro atoms. The van der Waals surface area contributed by atoms with Crippen LogP contribution < -0.4 is 0 Å². The minimum atomic E-state index is -3.48. The number of halogens is 2. The summed E-state index contributed by atoms with van der Waals surface area (Å²) in [5.41, 5.74) is 0.960. The van der Waals surface area contributed by atoms with Crippen molar-refractivity contribution in [3.8, 4) is 0 Å². The van der Waals surface area contributed by atoms with Gasteiger partial charge in [0.15, 0.2) is 5.78 Å². The maximum atomic E-state index is 12.5. The van der Waals surface area contributed by atoms with Crippen LogP contribution in [0.3, 0.4) is 0 Å². The van der Waals surface area contributed by atoms with Gasteiger partial charge in [-0.05, 0) is 61.4 Å². The molecule has 136 valence electrons. The monoisotopic (exact) mass is 409 g/mol. The second kappa shape index (κ2) is 7.92. The zero-order chi connectivity index (χ0) is 18.7. The molecule has 1 aliphatic heterocycles. The first-order valence-corrected chi connectivity index (χ1v) is 10.4. The SMILES string of the molecule is O=C(C=Cc1c(Cl)cccc1Cl)c1ccc(S(=O)(=O)N2CCCC2)cc1. The van der Waals surface area contributed by atoms with Crippen LogP contribution in [-0.4, -0.2) is 31.6 Å². The maximum absolute atomic E-state index is 12.5. The fraction of sp³-hybridized carbons (Fsp3) is 0.211. The molecule has 2 aromatic carbocycles. The highest BCUT2D eigenvalue weighted by Crippen LogP contribution is 2.26. The van der Waals surface area contributed by atoms with Gasteiger partial charge in [-0.25, -0.2) is 8.42 Å². The Morgan fingerprint density at radius 1 is 0.962 bits per heavy atom. The Kier molecular flexibility index (Phi) is 5.82. The van der Waals surface area contributed by atoms with Gasteiger partial charge in [-0.15, -0.1) is 0 Å². The van der Waals surface area contributed by atoms with E-state index in [1.54, 1.807) is 24.3 Å². The molecular weight excluding hydrogens is 393 g/mol. The molecule has 26 heavy (non-hydrogen) atoms. The lowest BCUT2D eigenvalue weighted by Gasteiger charge is -2.15. The van der Waals surface area contributed by atoms with E-state index in [2.05, 4.69) is 0 Å². The van der Waals surface area contributed by atoms with Crippen LogP contribution in [0.25, 0.3) is 6.08 Å². The number of rotatable bonds is 5. The van der Waals surface area contributed by atoms with Crippen molar-refractivity contribution in [2.45, 2.75) is 17.7 Å². The number of carbonyl (C=O) groups excluding carboxylic acids is 1. The number of ketones is 1. The minimum absolute atomic E-state index is 0.203. The molecule has 0 aliphatic carbocycles. The van der Waals surface area contributed by atoms with Crippen LogP contribution >= 0.6 is 23.2 Å². The van der Waals surface area contributed by atoms with Crippen molar-refractivity contribution in [1.82, 2.24) is 4.31 Å².